The van der Waals surface area contributed by atoms with E-state index in [4.69, 9.17) is 4.74 Å². The summed E-state index contributed by atoms with van der Waals surface area (Å²) in [4.78, 5) is 2.46. The molecule has 0 bridgehead atoms. The second kappa shape index (κ2) is 2.76. The average molecular weight is 155 g/mol. The van der Waals surface area contributed by atoms with Crippen LogP contribution in [0.25, 0.3) is 0 Å². The third-order valence-corrected chi connectivity index (χ3v) is 3.33. The van der Waals surface area contributed by atoms with Gasteiger partial charge >= 0.3 is 0 Å². The number of methoxy groups -OCH3 is 1. The molecule has 2 heteroatoms. The molecule has 2 rings (SSSR count). The third-order valence-electron chi connectivity index (χ3n) is 3.33. The Hall–Kier alpha value is -0.0800. The summed E-state index contributed by atoms with van der Waals surface area (Å²) in [6.07, 6.45) is 4.64. The van der Waals surface area contributed by atoms with Crippen molar-refractivity contribution in [3.63, 3.8) is 0 Å². The maximum Gasteiger partial charge on any atom is 0.0701 e. The number of rotatable bonds is 1. The summed E-state index contributed by atoms with van der Waals surface area (Å²) in [5, 5.41) is 0. The average Bonchev–Trinajstić information content (AvgIpc) is 1.93. The summed E-state index contributed by atoms with van der Waals surface area (Å²) in [6, 6.07) is 0.890. The minimum Gasteiger partial charge on any atom is -0.380 e. The number of nitrogens with zero attached hydrogens (tertiary/aromatic N) is 1. The summed E-state index contributed by atoms with van der Waals surface area (Å²) in [7, 11) is 4.06. The van der Waals surface area contributed by atoms with Crippen molar-refractivity contribution in [2.24, 2.45) is 5.92 Å². The van der Waals surface area contributed by atoms with Crippen molar-refractivity contribution in [3.8, 4) is 0 Å². The lowest BCUT2D eigenvalue weighted by Crippen LogP contribution is -2.54. The summed E-state index contributed by atoms with van der Waals surface area (Å²) >= 11 is 0. The van der Waals surface area contributed by atoms with Crippen LogP contribution in [0.5, 0.6) is 0 Å². The highest BCUT2D eigenvalue weighted by Gasteiger charge is 2.39. The lowest BCUT2D eigenvalue weighted by Gasteiger charge is -2.49. The van der Waals surface area contributed by atoms with Gasteiger partial charge in [-0.3, -0.25) is 0 Å². The zero-order chi connectivity index (χ0) is 7.84. The molecule has 64 valence electrons. The Balaban J connectivity index is 1.95. The first-order valence-corrected chi connectivity index (χ1v) is 4.54. The van der Waals surface area contributed by atoms with Crippen LogP contribution >= 0.6 is 0 Å². The number of hydrogen-bond acceptors (Lipinski definition) is 2. The van der Waals surface area contributed by atoms with E-state index >= 15 is 0 Å². The summed E-state index contributed by atoms with van der Waals surface area (Å²) < 4.78 is 5.37. The van der Waals surface area contributed by atoms with Gasteiger partial charge in [-0.1, -0.05) is 0 Å². The van der Waals surface area contributed by atoms with Crippen LogP contribution in [-0.2, 0) is 4.74 Å². The van der Waals surface area contributed by atoms with Gasteiger partial charge in [0.15, 0.2) is 0 Å². The van der Waals surface area contributed by atoms with E-state index in [1.54, 1.807) is 0 Å². The standard InChI is InChI=1S/C9H17NO/c1-10-6-8(11-2)5-7-3-4-9(7)10/h7-9H,3-6H2,1-2H3/t7-,8?,9-/m1/s1. The molecule has 1 saturated carbocycles. The van der Waals surface area contributed by atoms with E-state index in [2.05, 4.69) is 11.9 Å². The summed E-state index contributed by atoms with van der Waals surface area (Å²) in [6.45, 7) is 1.14. The maximum atomic E-state index is 5.37. The molecule has 2 nitrogen and oxygen atoms in total. The number of hydrogen-bond donors (Lipinski definition) is 0. The van der Waals surface area contributed by atoms with Crippen LogP contribution in [0.4, 0.5) is 0 Å². The van der Waals surface area contributed by atoms with E-state index in [-0.39, 0.29) is 0 Å². The third kappa shape index (κ3) is 1.18. The number of likely N-dealkylation sites (N-methyl/N-ethyl adjacent to an activating group) is 1. The van der Waals surface area contributed by atoms with Gasteiger partial charge < -0.3 is 9.64 Å². The van der Waals surface area contributed by atoms with E-state index < -0.39 is 0 Å². The Labute approximate surface area is 68.5 Å². The molecule has 0 aromatic heterocycles. The van der Waals surface area contributed by atoms with Gasteiger partial charge in [-0.25, -0.2) is 0 Å². The SMILES string of the molecule is COC1C[C@H]2CC[C@H]2N(C)C1. The van der Waals surface area contributed by atoms with Crippen molar-refractivity contribution in [2.45, 2.75) is 31.4 Å². The summed E-state index contributed by atoms with van der Waals surface area (Å²) in [5.74, 6) is 0.943. The molecular formula is C9H17NO. The molecule has 0 aromatic rings. The fourth-order valence-electron chi connectivity index (χ4n) is 2.45. The molecule has 0 spiro atoms. The molecule has 1 heterocycles. The first-order valence-electron chi connectivity index (χ1n) is 4.54. The van der Waals surface area contributed by atoms with Crippen molar-refractivity contribution in [1.82, 2.24) is 4.90 Å². The quantitative estimate of drug-likeness (QED) is 0.562. The zero-order valence-electron chi connectivity index (χ0n) is 7.42. The van der Waals surface area contributed by atoms with Gasteiger partial charge in [-0.2, -0.15) is 0 Å². The van der Waals surface area contributed by atoms with Gasteiger partial charge in [0.25, 0.3) is 0 Å². The molecule has 1 aliphatic heterocycles. The molecule has 1 saturated heterocycles. The van der Waals surface area contributed by atoms with Gasteiger partial charge in [0.1, 0.15) is 0 Å². The highest BCUT2D eigenvalue weighted by molar-refractivity contribution is 4.94. The van der Waals surface area contributed by atoms with Gasteiger partial charge in [-0.15, -0.1) is 0 Å². The Morgan fingerprint density at radius 3 is 2.64 bits per heavy atom. The lowest BCUT2D eigenvalue weighted by molar-refractivity contribution is -0.0513. The second-order valence-corrected chi connectivity index (χ2v) is 3.94. The number of ether oxygens (including phenoxy) is 1. The Bertz CT molecular complexity index is 138. The van der Waals surface area contributed by atoms with E-state index in [0.717, 1.165) is 18.5 Å². The first-order chi connectivity index (χ1) is 5.31. The number of fused-ring (bicyclic) bond motifs is 1. The van der Waals surface area contributed by atoms with Crippen LogP contribution in [-0.4, -0.2) is 37.7 Å². The molecule has 0 amide bonds. The largest absolute Gasteiger partial charge is 0.380 e. The molecule has 0 radical (unpaired) electrons. The van der Waals surface area contributed by atoms with Gasteiger partial charge in [0, 0.05) is 19.7 Å². The zero-order valence-corrected chi connectivity index (χ0v) is 7.42. The molecule has 2 fully saturated rings. The van der Waals surface area contributed by atoms with Crippen LogP contribution in [0, 0.1) is 5.92 Å². The van der Waals surface area contributed by atoms with Crippen LogP contribution in [0.1, 0.15) is 19.3 Å². The van der Waals surface area contributed by atoms with Gasteiger partial charge in [0.05, 0.1) is 6.10 Å². The fourth-order valence-corrected chi connectivity index (χ4v) is 2.45. The summed E-state index contributed by atoms with van der Waals surface area (Å²) in [5.41, 5.74) is 0. The Kier molecular flexibility index (Phi) is 1.90. The van der Waals surface area contributed by atoms with E-state index in [1.165, 1.54) is 19.3 Å². The van der Waals surface area contributed by atoms with E-state index in [0.29, 0.717) is 6.10 Å². The Morgan fingerprint density at radius 1 is 1.36 bits per heavy atom. The van der Waals surface area contributed by atoms with E-state index in [1.807, 2.05) is 7.11 Å². The monoisotopic (exact) mass is 155 g/mol. The Morgan fingerprint density at radius 2 is 2.18 bits per heavy atom. The molecule has 3 atom stereocenters. The minimum absolute atomic E-state index is 0.501. The van der Waals surface area contributed by atoms with Crippen LogP contribution < -0.4 is 0 Å². The normalized spacial score (nSPS) is 44.7. The predicted octanol–water partition coefficient (Wildman–Crippen LogP) is 1.12. The van der Waals surface area contributed by atoms with Crippen molar-refractivity contribution < 1.29 is 4.74 Å². The van der Waals surface area contributed by atoms with Gasteiger partial charge in [0.2, 0.25) is 0 Å². The fraction of sp³-hybridized carbons (Fsp3) is 1.00. The van der Waals surface area contributed by atoms with Crippen molar-refractivity contribution in [1.29, 1.82) is 0 Å². The number of piperidine rings is 1. The molecule has 1 aliphatic carbocycles. The molecule has 0 N–H and O–H groups in total. The number of likely N-dealkylation sites (tertiary alicyclic amines) is 1. The molecule has 2 aliphatic rings. The van der Waals surface area contributed by atoms with Gasteiger partial charge in [-0.05, 0) is 32.2 Å². The maximum absolute atomic E-state index is 5.37. The van der Waals surface area contributed by atoms with Crippen molar-refractivity contribution >= 4 is 0 Å². The van der Waals surface area contributed by atoms with Crippen molar-refractivity contribution in [2.75, 3.05) is 20.7 Å². The van der Waals surface area contributed by atoms with E-state index in [9.17, 15) is 0 Å². The van der Waals surface area contributed by atoms with Crippen molar-refractivity contribution in [3.05, 3.63) is 0 Å². The minimum atomic E-state index is 0.501. The molecule has 11 heavy (non-hydrogen) atoms. The molecule has 0 aromatic carbocycles. The van der Waals surface area contributed by atoms with Crippen LogP contribution in [0.3, 0.4) is 0 Å². The molecular weight excluding hydrogens is 138 g/mol. The smallest absolute Gasteiger partial charge is 0.0701 e. The van der Waals surface area contributed by atoms with Crippen LogP contribution in [0.15, 0.2) is 0 Å². The second-order valence-electron chi connectivity index (χ2n) is 3.94. The molecule has 1 unspecified atom stereocenters. The first kappa shape index (κ1) is 7.56. The highest BCUT2D eigenvalue weighted by Crippen LogP contribution is 2.38. The predicted molar refractivity (Wildman–Crippen MR) is 44.6 cm³/mol. The van der Waals surface area contributed by atoms with Crippen LogP contribution in [0.2, 0.25) is 0 Å². The highest BCUT2D eigenvalue weighted by atomic mass is 16.5. The topological polar surface area (TPSA) is 12.5 Å². The lowest BCUT2D eigenvalue weighted by atomic mass is 9.73.